The Balaban J connectivity index is 1.69. The summed E-state index contributed by atoms with van der Waals surface area (Å²) in [6.45, 7) is 3.14. The summed E-state index contributed by atoms with van der Waals surface area (Å²) in [5.74, 6) is -2.99. The molecule has 2 aliphatic heterocycles. The zero-order valence-electron chi connectivity index (χ0n) is 13.9. The number of para-hydroxylation sites is 1. The van der Waals surface area contributed by atoms with Crippen molar-refractivity contribution in [2.45, 2.75) is 13.3 Å². The number of hydrogen-bond acceptors (Lipinski definition) is 3. The lowest BCUT2D eigenvalue weighted by molar-refractivity contribution is -0.141. The van der Waals surface area contributed by atoms with Crippen LogP contribution in [0.1, 0.15) is 13.3 Å². The van der Waals surface area contributed by atoms with Crippen LogP contribution in [0.25, 0.3) is 0 Å². The van der Waals surface area contributed by atoms with E-state index in [1.807, 2.05) is 0 Å². The van der Waals surface area contributed by atoms with E-state index in [-0.39, 0.29) is 24.8 Å². The van der Waals surface area contributed by atoms with E-state index in [1.54, 1.807) is 9.80 Å². The first-order valence-electron chi connectivity index (χ1n) is 8.17. The molecule has 0 spiro atoms. The quantitative estimate of drug-likeness (QED) is 0.799. The molecule has 0 N–H and O–H groups in total. The molecule has 134 valence electrons. The van der Waals surface area contributed by atoms with Crippen LogP contribution in [0.5, 0.6) is 0 Å². The largest absolute Gasteiger partial charge is 0.339 e. The fourth-order valence-electron chi connectivity index (χ4n) is 3.34. The molecule has 0 saturated carbocycles. The summed E-state index contributed by atoms with van der Waals surface area (Å²) in [5, 5.41) is 0. The number of carbonyl (C=O) groups is 3. The molecule has 0 aromatic heterocycles. The lowest BCUT2D eigenvalue weighted by Gasteiger charge is -2.35. The van der Waals surface area contributed by atoms with Gasteiger partial charge in [0.2, 0.25) is 17.7 Å². The zero-order chi connectivity index (χ0) is 18.1. The van der Waals surface area contributed by atoms with Gasteiger partial charge in [-0.2, -0.15) is 0 Å². The molecular weight excluding hydrogens is 332 g/mol. The van der Waals surface area contributed by atoms with E-state index in [4.69, 9.17) is 0 Å². The molecule has 0 aliphatic carbocycles. The molecule has 1 atom stereocenters. The Bertz CT molecular complexity index is 697. The molecule has 2 aliphatic rings. The predicted octanol–water partition coefficient (Wildman–Crippen LogP) is 1.01. The van der Waals surface area contributed by atoms with Crippen molar-refractivity contribution in [1.29, 1.82) is 0 Å². The average Bonchev–Trinajstić information content (AvgIpc) is 2.96. The van der Waals surface area contributed by atoms with E-state index in [0.29, 0.717) is 26.2 Å². The van der Waals surface area contributed by atoms with E-state index in [9.17, 15) is 23.2 Å². The number of halogens is 2. The van der Waals surface area contributed by atoms with Gasteiger partial charge in [-0.3, -0.25) is 14.4 Å². The molecule has 3 rings (SSSR count). The van der Waals surface area contributed by atoms with Crippen molar-refractivity contribution in [3.8, 4) is 0 Å². The van der Waals surface area contributed by atoms with E-state index in [2.05, 4.69) is 0 Å². The first kappa shape index (κ1) is 17.3. The summed E-state index contributed by atoms with van der Waals surface area (Å²) >= 11 is 0. The van der Waals surface area contributed by atoms with Gasteiger partial charge in [0.25, 0.3) is 0 Å². The van der Waals surface area contributed by atoms with Crippen molar-refractivity contribution >= 4 is 23.4 Å². The van der Waals surface area contributed by atoms with E-state index in [0.717, 1.165) is 17.0 Å². The molecule has 2 saturated heterocycles. The molecule has 0 bridgehead atoms. The summed E-state index contributed by atoms with van der Waals surface area (Å²) in [5.41, 5.74) is -0.399. The van der Waals surface area contributed by atoms with Crippen LogP contribution in [-0.4, -0.2) is 60.2 Å². The highest BCUT2D eigenvalue weighted by atomic mass is 19.1. The lowest BCUT2D eigenvalue weighted by atomic mass is 10.1. The first-order chi connectivity index (χ1) is 11.9. The Hall–Kier alpha value is -2.51. The van der Waals surface area contributed by atoms with Crippen LogP contribution in [0.15, 0.2) is 18.2 Å². The molecule has 2 fully saturated rings. The SMILES string of the molecule is CC(=O)N1CCN(C(=O)C2CC(=O)N(c3c(F)cccc3F)C2)CC1. The second-order valence-electron chi connectivity index (χ2n) is 6.31. The number of benzene rings is 1. The minimum absolute atomic E-state index is 0.0376. The zero-order valence-corrected chi connectivity index (χ0v) is 13.9. The molecule has 2 heterocycles. The van der Waals surface area contributed by atoms with Crippen molar-refractivity contribution in [2.24, 2.45) is 5.92 Å². The maximum atomic E-state index is 13.9. The number of hydrogen-bond donors (Lipinski definition) is 0. The van der Waals surface area contributed by atoms with Gasteiger partial charge in [0.05, 0.1) is 5.92 Å². The number of rotatable bonds is 2. The number of anilines is 1. The van der Waals surface area contributed by atoms with Crippen molar-refractivity contribution < 1.29 is 23.2 Å². The van der Waals surface area contributed by atoms with E-state index >= 15 is 0 Å². The predicted molar refractivity (Wildman–Crippen MR) is 85.7 cm³/mol. The summed E-state index contributed by atoms with van der Waals surface area (Å²) in [6.07, 6.45) is -0.0699. The smallest absolute Gasteiger partial charge is 0.228 e. The summed E-state index contributed by atoms with van der Waals surface area (Å²) in [7, 11) is 0. The molecule has 1 unspecified atom stereocenters. The van der Waals surface area contributed by atoms with Gasteiger partial charge < -0.3 is 14.7 Å². The maximum absolute atomic E-state index is 13.9. The van der Waals surface area contributed by atoms with Gasteiger partial charge in [0, 0.05) is 46.1 Å². The van der Waals surface area contributed by atoms with Crippen LogP contribution in [0, 0.1) is 17.6 Å². The highest BCUT2D eigenvalue weighted by Gasteiger charge is 2.39. The lowest BCUT2D eigenvalue weighted by Crippen LogP contribution is -2.51. The topological polar surface area (TPSA) is 60.9 Å². The third-order valence-electron chi connectivity index (χ3n) is 4.72. The Kier molecular flexibility index (Phi) is 4.69. The van der Waals surface area contributed by atoms with Crippen molar-refractivity contribution in [3.05, 3.63) is 29.8 Å². The van der Waals surface area contributed by atoms with E-state index in [1.165, 1.54) is 13.0 Å². The number of piperazine rings is 1. The minimum atomic E-state index is -0.823. The summed E-state index contributed by atoms with van der Waals surface area (Å²) in [6, 6.07) is 3.40. The Morgan fingerprint density at radius 1 is 1.04 bits per heavy atom. The van der Waals surface area contributed by atoms with Crippen LogP contribution in [0.3, 0.4) is 0 Å². The molecule has 6 nitrogen and oxygen atoms in total. The fraction of sp³-hybridized carbons (Fsp3) is 0.471. The van der Waals surface area contributed by atoms with Crippen LogP contribution in [-0.2, 0) is 14.4 Å². The Morgan fingerprint density at radius 3 is 2.16 bits per heavy atom. The van der Waals surface area contributed by atoms with Crippen molar-refractivity contribution in [3.63, 3.8) is 0 Å². The van der Waals surface area contributed by atoms with Crippen LogP contribution in [0.4, 0.5) is 14.5 Å². The second-order valence-corrected chi connectivity index (χ2v) is 6.31. The standard InChI is InChI=1S/C17H19F2N3O3/c1-11(23)20-5-7-21(8-6-20)17(25)12-9-15(24)22(10-12)16-13(18)3-2-4-14(16)19/h2-4,12H,5-10H2,1H3. The molecule has 25 heavy (non-hydrogen) atoms. The van der Waals surface area contributed by atoms with E-state index < -0.39 is 29.1 Å². The van der Waals surface area contributed by atoms with Gasteiger partial charge in [-0.15, -0.1) is 0 Å². The number of carbonyl (C=O) groups excluding carboxylic acids is 3. The van der Waals surface area contributed by atoms with Gasteiger partial charge in [-0.25, -0.2) is 8.78 Å². The monoisotopic (exact) mass is 351 g/mol. The molecule has 0 radical (unpaired) electrons. The van der Waals surface area contributed by atoms with Crippen LogP contribution >= 0.6 is 0 Å². The highest BCUT2D eigenvalue weighted by Crippen LogP contribution is 2.30. The van der Waals surface area contributed by atoms with Gasteiger partial charge in [-0.05, 0) is 12.1 Å². The molecule has 3 amide bonds. The second kappa shape index (κ2) is 6.78. The Labute approximate surface area is 144 Å². The highest BCUT2D eigenvalue weighted by molar-refractivity contribution is 6.00. The molecule has 1 aromatic rings. The summed E-state index contributed by atoms with van der Waals surface area (Å²) in [4.78, 5) is 40.4. The Morgan fingerprint density at radius 2 is 1.60 bits per heavy atom. The summed E-state index contributed by atoms with van der Waals surface area (Å²) < 4.78 is 27.8. The molecular formula is C17H19F2N3O3. The van der Waals surface area contributed by atoms with Gasteiger partial charge in [-0.1, -0.05) is 6.07 Å². The molecule has 1 aromatic carbocycles. The van der Waals surface area contributed by atoms with Crippen molar-refractivity contribution in [1.82, 2.24) is 9.80 Å². The van der Waals surface area contributed by atoms with Gasteiger partial charge >= 0.3 is 0 Å². The number of amides is 3. The minimum Gasteiger partial charge on any atom is -0.339 e. The van der Waals surface area contributed by atoms with Crippen molar-refractivity contribution in [2.75, 3.05) is 37.6 Å². The van der Waals surface area contributed by atoms with Crippen LogP contribution in [0.2, 0.25) is 0 Å². The third kappa shape index (κ3) is 3.33. The molecule has 8 heteroatoms. The van der Waals surface area contributed by atoms with Gasteiger partial charge in [0.1, 0.15) is 17.3 Å². The van der Waals surface area contributed by atoms with Gasteiger partial charge in [0.15, 0.2) is 0 Å². The first-order valence-corrected chi connectivity index (χ1v) is 8.17. The van der Waals surface area contributed by atoms with Crippen LogP contribution < -0.4 is 4.90 Å². The normalized spacial score (nSPS) is 21.0. The maximum Gasteiger partial charge on any atom is 0.228 e. The fourth-order valence-corrected chi connectivity index (χ4v) is 3.34. The average molecular weight is 351 g/mol. The third-order valence-corrected chi connectivity index (χ3v) is 4.72. The number of nitrogens with zero attached hydrogens (tertiary/aromatic N) is 3.